The largest absolute Gasteiger partial charge is 0.432 e. The van der Waals surface area contributed by atoms with E-state index in [1.54, 1.807) is 18.2 Å². The van der Waals surface area contributed by atoms with Crippen LogP contribution < -0.4 is 10.1 Å². The molecule has 0 bridgehead atoms. The Morgan fingerprint density at radius 3 is 2.89 bits per heavy atom. The van der Waals surface area contributed by atoms with Gasteiger partial charge in [0.2, 0.25) is 0 Å². The minimum atomic E-state index is -3.09. The van der Waals surface area contributed by atoms with Gasteiger partial charge in [-0.1, -0.05) is 22.0 Å². The quantitative estimate of drug-likeness (QED) is 0.829. The van der Waals surface area contributed by atoms with Crippen LogP contribution in [0.1, 0.15) is 0 Å². The summed E-state index contributed by atoms with van der Waals surface area (Å²) in [6.07, 6.45) is 1.56. The molecule has 1 aliphatic rings. The maximum Gasteiger partial charge on any atom is 0.262 e. The highest BCUT2D eigenvalue weighted by Gasteiger charge is 2.22. The molecule has 7 heteroatoms. The molecule has 1 aliphatic heterocycles. The van der Waals surface area contributed by atoms with Crippen molar-refractivity contribution in [3.8, 4) is 5.75 Å². The molecule has 0 aromatic heterocycles. The molecule has 0 saturated carbocycles. The number of halogens is 1. The summed E-state index contributed by atoms with van der Waals surface area (Å²) in [5, 5.41) is 4.17. The Morgan fingerprint density at radius 1 is 1.50 bits per heavy atom. The van der Waals surface area contributed by atoms with E-state index in [2.05, 4.69) is 21.2 Å². The summed E-state index contributed by atoms with van der Waals surface area (Å²) in [4.78, 5) is 0. The van der Waals surface area contributed by atoms with Gasteiger partial charge >= 0.3 is 0 Å². The first kappa shape index (κ1) is 13.5. The molecule has 0 amide bonds. The van der Waals surface area contributed by atoms with Crippen LogP contribution in [0.3, 0.4) is 0 Å². The van der Waals surface area contributed by atoms with Crippen molar-refractivity contribution < 1.29 is 13.2 Å². The van der Waals surface area contributed by atoms with E-state index in [1.807, 2.05) is 12.1 Å². The third kappa shape index (κ3) is 3.79. The van der Waals surface area contributed by atoms with Crippen LogP contribution in [0.5, 0.6) is 5.75 Å². The molecular formula is C11H10BrNO3S2. The molecule has 1 unspecified atom stereocenters. The Balaban J connectivity index is 1.92. The van der Waals surface area contributed by atoms with Crippen molar-refractivity contribution in [1.29, 1.82) is 0 Å². The Morgan fingerprint density at radius 2 is 2.28 bits per heavy atom. The van der Waals surface area contributed by atoms with E-state index in [9.17, 15) is 8.42 Å². The third-order valence-electron chi connectivity index (χ3n) is 2.24. The number of hydrogen-bond donors (Lipinski definition) is 1. The fraction of sp³-hybridized carbons (Fsp3) is 0.182. The molecule has 1 aromatic rings. The van der Waals surface area contributed by atoms with E-state index in [0.717, 1.165) is 4.47 Å². The van der Waals surface area contributed by atoms with Gasteiger partial charge in [0, 0.05) is 9.88 Å². The van der Waals surface area contributed by atoms with Crippen LogP contribution in [0.2, 0.25) is 0 Å². The molecule has 2 rings (SSSR count). The Kier molecular flexibility index (Phi) is 4.04. The molecule has 1 heterocycles. The minimum Gasteiger partial charge on any atom is -0.432 e. The first-order valence-corrected chi connectivity index (χ1v) is 8.01. The highest BCUT2D eigenvalue weighted by molar-refractivity contribution is 9.10. The molecule has 0 radical (unpaired) electrons. The normalized spacial score (nSPS) is 20.6. The highest BCUT2D eigenvalue weighted by Crippen LogP contribution is 2.18. The van der Waals surface area contributed by atoms with Crippen LogP contribution in [0.25, 0.3) is 0 Å². The predicted octanol–water partition coefficient (Wildman–Crippen LogP) is 2.01. The van der Waals surface area contributed by atoms with Crippen LogP contribution in [-0.4, -0.2) is 25.4 Å². The highest BCUT2D eigenvalue weighted by atomic mass is 79.9. The summed E-state index contributed by atoms with van der Waals surface area (Å²) < 4.78 is 28.7. The molecule has 0 saturated heterocycles. The maximum absolute atomic E-state index is 11.2. The van der Waals surface area contributed by atoms with Crippen molar-refractivity contribution in [2.45, 2.75) is 6.04 Å². The zero-order chi connectivity index (χ0) is 13.2. The van der Waals surface area contributed by atoms with E-state index in [1.165, 1.54) is 5.41 Å². The van der Waals surface area contributed by atoms with Gasteiger partial charge in [0.1, 0.15) is 5.75 Å². The van der Waals surface area contributed by atoms with Gasteiger partial charge in [0.15, 0.2) is 9.84 Å². The molecule has 0 fully saturated rings. The number of sulfone groups is 1. The summed E-state index contributed by atoms with van der Waals surface area (Å²) in [7, 11) is -3.09. The summed E-state index contributed by atoms with van der Waals surface area (Å²) in [5.41, 5.74) is 0. The van der Waals surface area contributed by atoms with Crippen molar-refractivity contribution in [2.75, 3.05) is 5.75 Å². The summed E-state index contributed by atoms with van der Waals surface area (Å²) in [6, 6.07) is 6.90. The molecule has 0 spiro atoms. The fourth-order valence-corrected chi connectivity index (χ4v) is 3.35. The van der Waals surface area contributed by atoms with E-state index in [4.69, 9.17) is 17.0 Å². The SMILES string of the molecule is O=S1(=O)C=CC(NC(=S)Oc2cccc(Br)c2)C1. The van der Waals surface area contributed by atoms with Gasteiger partial charge in [0.25, 0.3) is 5.17 Å². The second-order valence-corrected chi connectivity index (χ2v) is 6.97. The lowest BCUT2D eigenvalue weighted by atomic mass is 10.3. The van der Waals surface area contributed by atoms with Gasteiger partial charge in [-0.3, -0.25) is 0 Å². The summed E-state index contributed by atoms with van der Waals surface area (Å²) in [5.74, 6) is 0.598. The number of nitrogens with one attached hydrogen (secondary N) is 1. The fourth-order valence-electron chi connectivity index (χ4n) is 1.48. The molecular weight excluding hydrogens is 338 g/mol. The monoisotopic (exact) mass is 347 g/mol. The van der Waals surface area contributed by atoms with E-state index >= 15 is 0 Å². The lowest BCUT2D eigenvalue weighted by Gasteiger charge is -2.13. The van der Waals surface area contributed by atoms with Crippen LogP contribution >= 0.6 is 28.1 Å². The summed E-state index contributed by atoms with van der Waals surface area (Å²) in [6.45, 7) is 0. The lowest BCUT2D eigenvalue weighted by Crippen LogP contribution is -2.37. The molecule has 0 aliphatic carbocycles. The second kappa shape index (κ2) is 5.38. The number of thiocarbonyl (C=S) groups is 1. The summed E-state index contributed by atoms with van der Waals surface area (Å²) >= 11 is 8.33. The zero-order valence-corrected chi connectivity index (χ0v) is 12.4. The van der Waals surface area contributed by atoms with Gasteiger partial charge in [0.05, 0.1) is 11.8 Å². The van der Waals surface area contributed by atoms with Crippen LogP contribution in [0.4, 0.5) is 0 Å². The minimum absolute atomic E-state index is 0.00891. The standard InChI is InChI=1S/C11H10BrNO3S2/c12-8-2-1-3-10(6-8)16-11(17)13-9-4-5-18(14,15)7-9/h1-6,9H,7H2,(H,13,17). The Bertz CT molecular complexity index is 598. The number of benzene rings is 1. The van der Waals surface area contributed by atoms with Gasteiger partial charge in [-0.25, -0.2) is 8.42 Å². The van der Waals surface area contributed by atoms with Crippen molar-refractivity contribution in [2.24, 2.45) is 0 Å². The third-order valence-corrected chi connectivity index (χ3v) is 4.33. The van der Waals surface area contributed by atoms with Crippen LogP contribution in [0, 0.1) is 0 Å². The first-order valence-electron chi connectivity index (χ1n) is 5.09. The number of hydrogen-bond acceptors (Lipinski definition) is 4. The van der Waals surface area contributed by atoms with E-state index < -0.39 is 9.84 Å². The van der Waals surface area contributed by atoms with Gasteiger partial charge < -0.3 is 10.1 Å². The molecule has 1 atom stereocenters. The van der Waals surface area contributed by atoms with Crippen molar-refractivity contribution in [3.63, 3.8) is 0 Å². The Hall–Kier alpha value is -0.920. The van der Waals surface area contributed by atoms with Gasteiger partial charge in [-0.2, -0.15) is 0 Å². The van der Waals surface area contributed by atoms with Crippen molar-refractivity contribution in [3.05, 3.63) is 40.2 Å². The average molecular weight is 348 g/mol. The second-order valence-electron chi connectivity index (χ2n) is 3.76. The van der Waals surface area contributed by atoms with Crippen molar-refractivity contribution >= 4 is 43.2 Å². The van der Waals surface area contributed by atoms with Crippen LogP contribution in [-0.2, 0) is 9.84 Å². The lowest BCUT2D eigenvalue weighted by molar-refractivity contribution is 0.524. The Labute approximate surface area is 119 Å². The molecule has 1 N–H and O–H groups in total. The molecule has 1 aromatic carbocycles. The maximum atomic E-state index is 11.2. The van der Waals surface area contributed by atoms with E-state index in [-0.39, 0.29) is 17.0 Å². The van der Waals surface area contributed by atoms with Crippen molar-refractivity contribution in [1.82, 2.24) is 5.32 Å². The first-order chi connectivity index (χ1) is 8.44. The molecule has 96 valence electrons. The smallest absolute Gasteiger partial charge is 0.262 e. The topological polar surface area (TPSA) is 55.4 Å². The average Bonchev–Trinajstić information content (AvgIpc) is 2.57. The van der Waals surface area contributed by atoms with Crippen LogP contribution in [0.15, 0.2) is 40.2 Å². The zero-order valence-electron chi connectivity index (χ0n) is 9.17. The van der Waals surface area contributed by atoms with E-state index in [0.29, 0.717) is 5.75 Å². The molecule has 4 nitrogen and oxygen atoms in total. The van der Waals surface area contributed by atoms with Gasteiger partial charge in [-0.15, -0.1) is 0 Å². The number of rotatable bonds is 2. The predicted molar refractivity (Wildman–Crippen MR) is 77.2 cm³/mol. The van der Waals surface area contributed by atoms with Gasteiger partial charge in [-0.05, 0) is 36.5 Å². The molecule has 18 heavy (non-hydrogen) atoms. The number of ether oxygens (including phenoxy) is 1.